The highest BCUT2D eigenvalue weighted by atomic mass is 31.2. The summed E-state index contributed by atoms with van der Waals surface area (Å²) in [7, 11) is -5.11. The number of hydrogen-bond acceptors (Lipinski definition) is 10. The lowest BCUT2D eigenvalue weighted by atomic mass is 10.0. The summed E-state index contributed by atoms with van der Waals surface area (Å²) in [5.74, 6) is -1.02. The summed E-state index contributed by atoms with van der Waals surface area (Å²) in [6.07, 6.45) is 6.20. The third kappa shape index (κ3) is 17.8. The van der Waals surface area contributed by atoms with E-state index in [1.54, 1.807) is 0 Å². The molecule has 0 bridgehead atoms. The molecule has 0 spiro atoms. The van der Waals surface area contributed by atoms with E-state index in [1.807, 2.05) is 0 Å². The Kier molecular flexibility index (Phi) is 21.0. The Labute approximate surface area is 215 Å². The van der Waals surface area contributed by atoms with E-state index in [-0.39, 0.29) is 6.42 Å². The number of aliphatic hydroxyl groups excluding tert-OH is 6. The summed E-state index contributed by atoms with van der Waals surface area (Å²) < 4.78 is 20.4. The van der Waals surface area contributed by atoms with Crippen LogP contribution in [-0.4, -0.2) is 78.8 Å². The zero-order chi connectivity index (χ0) is 27.4. The molecule has 7 N–H and O–H groups in total. The van der Waals surface area contributed by atoms with Crippen LogP contribution in [0.3, 0.4) is 0 Å². The van der Waals surface area contributed by atoms with Gasteiger partial charge in [-0.05, 0) is 6.42 Å². The lowest BCUT2D eigenvalue weighted by Gasteiger charge is -2.28. The molecule has 0 aromatic rings. The van der Waals surface area contributed by atoms with Crippen LogP contribution >= 0.6 is 7.82 Å². The Morgan fingerprint density at radius 1 is 0.694 bits per heavy atom. The summed E-state index contributed by atoms with van der Waals surface area (Å²) >= 11 is 0. The maximum Gasteiger partial charge on any atom is 0.532 e. The molecule has 0 aliphatic carbocycles. The predicted molar refractivity (Wildman–Crippen MR) is 134 cm³/mol. The van der Waals surface area contributed by atoms with Gasteiger partial charge in [-0.25, -0.2) is 9.09 Å². The van der Waals surface area contributed by atoms with Crippen LogP contribution in [0, 0.1) is 0 Å². The number of unbranched alkanes of at least 4 members (excludes halogenated alkanes) is 14. The molecule has 0 saturated heterocycles. The van der Waals surface area contributed by atoms with E-state index in [1.165, 1.54) is 64.2 Å². The van der Waals surface area contributed by atoms with Gasteiger partial charge in [0.15, 0.2) is 6.29 Å². The SMILES string of the molecule is CCCCCCCCCCCCCCCCCC(=O)OP(=O)(O)OC(O)[C@@H](O)[C@@H](O)[C@H](O)[C@H](O)CO. The average molecular weight is 545 g/mol. The van der Waals surface area contributed by atoms with Gasteiger partial charge >= 0.3 is 13.8 Å². The molecule has 0 rings (SSSR count). The number of phosphoric ester groups is 1. The van der Waals surface area contributed by atoms with Crippen LogP contribution in [-0.2, 0) is 18.4 Å². The Bertz CT molecular complexity index is 592. The Morgan fingerprint density at radius 2 is 1.11 bits per heavy atom. The molecule has 6 atom stereocenters. The Hall–Kier alpha value is -0.620. The molecule has 0 aliphatic rings. The smallest absolute Gasteiger partial charge is 0.394 e. The fourth-order valence-electron chi connectivity index (χ4n) is 3.74. The minimum atomic E-state index is -5.11. The van der Waals surface area contributed by atoms with Gasteiger partial charge in [0.1, 0.15) is 24.4 Å². The van der Waals surface area contributed by atoms with Crippen LogP contribution in [0.1, 0.15) is 110 Å². The van der Waals surface area contributed by atoms with Crippen molar-refractivity contribution in [3.63, 3.8) is 0 Å². The van der Waals surface area contributed by atoms with Crippen molar-refractivity contribution in [3.8, 4) is 0 Å². The minimum Gasteiger partial charge on any atom is -0.394 e. The van der Waals surface area contributed by atoms with Crippen molar-refractivity contribution < 1.29 is 53.9 Å². The van der Waals surface area contributed by atoms with Crippen molar-refractivity contribution in [1.82, 2.24) is 0 Å². The van der Waals surface area contributed by atoms with Crippen LogP contribution in [0.2, 0.25) is 0 Å². The molecule has 36 heavy (non-hydrogen) atoms. The third-order valence-electron chi connectivity index (χ3n) is 6.02. The van der Waals surface area contributed by atoms with E-state index in [0.29, 0.717) is 6.42 Å². The second-order valence-corrected chi connectivity index (χ2v) is 10.7. The van der Waals surface area contributed by atoms with Crippen molar-refractivity contribution >= 4 is 13.8 Å². The molecule has 12 heteroatoms. The predicted octanol–water partition coefficient (Wildman–Crippen LogP) is 2.66. The van der Waals surface area contributed by atoms with Gasteiger partial charge in [-0.2, -0.15) is 0 Å². The van der Waals surface area contributed by atoms with Crippen molar-refractivity contribution in [2.45, 2.75) is 140 Å². The van der Waals surface area contributed by atoms with Gasteiger partial charge in [0.2, 0.25) is 0 Å². The zero-order valence-corrected chi connectivity index (χ0v) is 22.5. The number of carbonyl (C=O) groups is 1. The van der Waals surface area contributed by atoms with Crippen molar-refractivity contribution in [3.05, 3.63) is 0 Å². The molecule has 216 valence electrons. The fraction of sp³-hybridized carbons (Fsp3) is 0.958. The van der Waals surface area contributed by atoms with Gasteiger partial charge < -0.3 is 35.2 Å². The second kappa shape index (κ2) is 21.3. The van der Waals surface area contributed by atoms with Crippen LogP contribution in [0.4, 0.5) is 0 Å². The van der Waals surface area contributed by atoms with E-state index in [2.05, 4.69) is 16.0 Å². The van der Waals surface area contributed by atoms with Gasteiger partial charge in [-0.3, -0.25) is 9.69 Å². The van der Waals surface area contributed by atoms with Crippen LogP contribution in [0.25, 0.3) is 0 Å². The number of aliphatic hydroxyl groups is 6. The third-order valence-corrected chi connectivity index (χ3v) is 6.93. The topological polar surface area (TPSA) is 194 Å². The molecular formula is C24H49O11P. The van der Waals surface area contributed by atoms with Gasteiger partial charge in [0, 0.05) is 6.42 Å². The van der Waals surface area contributed by atoms with E-state index in [9.17, 15) is 39.8 Å². The number of phosphoric acid groups is 1. The van der Waals surface area contributed by atoms with Crippen molar-refractivity contribution in [1.29, 1.82) is 0 Å². The van der Waals surface area contributed by atoms with Gasteiger partial charge in [-0.1, -0.05) is 96.8 Å². The lowest BCUT2D eigenvalue weighted by Crippen LogP contribution is -2.50. The first-order chi connectivity index (χ1) is 17.1. The highest BCUT2D eigenvalue weighted by Gasteiger charge is 2.39. The first-order valence-electron chi connectivity index (χ1n) is 13.3. The molecule has 0 aromatic heterocycles. The van der Waals surface area contributed by atoms with Crippen LogP contribution in [0.5, 0.6) is 0 Å². The number of hydrogen-bond donors (Lipinski definition) is 7. The molecule has 0 aliphatic heterocycles. The Balaban J connectivity index is 3.88. The highest BCUT2D eigenvalue weighted by Crippen LogP contribution is 2.45. The molecule has 0 saturated carbocycles. The maximum atomic E-state index is 11.9. The van der Waals surface area contributed by atoms with Gasteiger partial charge in [0.05, 0.1) is 6.61 Å². The Morgan fingerprint density at radius 3 is 1.53 bits per heavy atom. The monoisotopic (exact) mass is 544 g/mol. The summed E-state index contributed by atoms with van der Waals surface area (Å²) in [4.78, 5) is 21.4. The van der Waals surface area contributed by atoms with Gasteiger partial charge in [-0.15, -0.1) is 0 Å². The lowest BCUT2D eigenvalue weighted by molar-refractivity contribution is -0.187. The highest BCUT2D eigenvalue weighted by molar-refractivity contribution is 7.48. The maximum absolute atomic E-state index is 11.9. The standard InChI is InChI=1S/C24H49O11P/c1-2-3-4-5-6-7-8-9-10-11-12-13-14-15-16-17-20(27)34-36(32,33)35-24(31)23(30)22(29)21(28)19(26)18-25/h19,21-26,28-31H,2-18H2,1H3,(H,32,33)/t19-,21-,22+,23+,24?/m1/s1. The minimum absolute atomic E-state index is 0.130. The molecule has 0 heterocycles. The number of rotatable bonds is 24. The molecule has 0 amide bonds. The average Bonchev–Trinajstić information content (AvgIpc) is 2.83. The number of carbonyl (C=O) groups excluding carboxylic acids is 1. The van der Waals surface area contributed by atoms with E-state index in [4.69, 9.17) is 5.11 Å². The molecule has 0 aromatic carbocycles. The summed E-state index contributed by atoms with van der Waals surface area (Å²) in [5.41, 5.74) is 0. The summed E-state index contributed by atoms with van der Waals surface area (Å²) in [5, 5.41) is 56.5. The molecular weight excluding hydrogens is 495 g/mol. The van der Waals surface area contributed by atoms with E-state index in [0.717, 1.165) is 25.7 Å². The van der Waals surface area contributed by atoms with E-state index < -0.39 is 51.1 Å². The van der Waals surface area contributed by atoms with Crippen molar-refractivity contribution in [2.24, 2.45) is 0 Å². The van der Waals surface area contributed by atoms with Crippen LogP contribution < -0.4 is 0 Å². The molecule has 2 unspecified atom stereocenters. The summed E-state index contributed by atoms with van der Waals surface area (Å²) in [6.45, 7) is 1.28. The van der Waals surface area contributed by atoms with Gasteiger partial charge in [0.25, 0.3) is 0 Å². The molecule has 11 nitrogen and oxygen atoms in total. The fourth-order valence-corrected chi connectivity index (χ4v) is 4.53. The zero-order valence-electron chi connectivity index (χ0n) is 21.6. The first kappa shape index (κ1) is 35.4. The normalized spacial score (nSPS) is 17.7. The van der Waals surface area contributed by atoms with Crippen molar-refractivity contribution in [2.75, 3.05) is 6.61 Å². The molecule has 0 fully saturated rings. The largest absolute Gasteiger partial charge is 0.532 e. The molecule has 0 radical (unpaired) electrons. The first-order valence-corrected chi connectivity index (χ1v) is 14.8. The second-order valence-electron chi connectivity index (χ2n) is 9.35. The quantitative estimate of drug-likeness (QED) is 0.0536. The summed E-state index contributed by atoms with van der Waals surface area (Å²) in [6, 6.07) is 0. The van der Waals surface area contributed by atoms with Crippen LogP contribution in [0.15, 0.2) is 0 Å². The van der Waals surface area contributed by atoms with E-state index >= 15 is 0 Å².